The molecule has 0 aliphatic carbocycles. The molecule has 688 valence electrons. The lowest BCUT2D eigenvalue weighted by Gasteiger charge is -2.20. The van der Waals surface area contributed by atoms with E-state index in [-0.39, 0.29) is 85.3 Å². The van der Waals surface area contributed by atoms with E-state index in [4.69, 9.17) is 48.6 Å². The van der Waals surface area contributed by atoms with Gasteiger partial charge in [-0.1, -0.05) is 13.8 Å². The number of carbonyl (C=O) groups is 18. The summed E-state index contributed by atoms with van der Waals surface area (Å²) in [7, 11) is -3.47. The minimum absolute atomic E-state index is 0.0279. The molecule has 0 rings (SSSR count). The Labute approximate surface area is 670 Å². The molecule has 0 spiro atoms. The van der Waals surface area contributed by atoms with E-state index < -0.39 is 225 Å². The van der Waals surface area contributed by atoms with Crippen molar-refractivity contribution >= 4 is 118 Å². The Morgan fingerprint density at radius 1 is 0.225 bits per heavy atom. The second kappa shape index (κ2) is 69.4. The minimum atomic E-state index is -4.50. The minimum Gasteiger partial charge on any atom is -0.466 e. The summed E-state index contributed by atoms with van der Waals surface area (Å²) in [5.41, 5.74) is -1.25. The van der Waals surface area contributed by atoms with Gasteiger partial charge in [-0.05, 0) is 40.5 Å². The quantitative estimate of drug-likeness (QED) is 0.0167. The van der Waals surface area contributed by atoms with Gasteiger partial charge in [0.15, 0.2) is 6.61 Å². The fraction of sp³-hybridized carbons (Fsp3) is 0.679. The second-order valence-electron chi connectivity index (χ2n) is 19.8. The van der Waals surface area contributed by atoms with E-state index in [9.17, 15) is 90.9 Å². The standard InChI is InChI=1S/C40H48O49.C16H33O14P/c1-5-40(2,3)24(42)59-6-7-60-25(43)62-9-64-27(45)66-11-68-29(47)70-13-72-31(49)74-15-76-33(51)78-17-80-35(53)82-19-84-37(55)86-21-88-39(57)89-22-87-38(56)85-20-83-36(54)81-18-79-34(52)77-16-75-32(50)73-14-71-30(48)69-12-67-28(46)65-10-63-26(44)61-8-23(41)58-4;1-4-16(2,3)15(17)21-5-6-22-23-7-8-24-25-9-10-26-27-11-12-28-29-13-14-30-31(18,19)20/h5-22H2,1-4H3;4-14H2,1-3H3,(H2,18,19,20). The predicted molar refractivity (Wildman–Crippen MR) is 339 cm³/mol. The van der Waals surface area contributed by atoms with Gasteiger partial charge in [0, 0.05) is 0 Å². The van der Waals surface area contributed by atoms with E-state index in [1.54, 1.807) is 20.8 Å². The van der Waals surface area contributed by atoms with Crippen molar-refractivity contribution in [2.45, 2.75) is 54.4 Å². The maximum atomic E-state index is 11.8. The number of rotatable bonds is 57. The molecule has 0 bridgehead atoms. The van der Waals surface area contributed by atoms with Crippen LogP contribution in [-0.2, 0) is 219 Å². The molecule has 0 aromatic heterocycles. The number of phosphoric ester groups is 1. The summed E-state index contributed by atoms with van der Waals surface area (Å²) in [6.45, 7) is -6.45. The average Bonchev–Trinajstić information content (AvgIpc) is 0.900. The van der Waals surface area contributed by atoms with Crippen LogP contribution in [0.25, 0.3) is 0 Å². The van der Waals surface area contributed by atoms with Crippen LogP contribution >= 0.6 is 7.82 Å². The van der Waals surface area contributed by atoms with E-state index in [0.29, 0.717) is 12.8 Å². The lowest BCUT2D eigenvalue weighted by molar-refractivity contribution is -0.367. The number of methoxy groups -OCH3 is 1. The highest BCUT2D eigenvalue weighted by molar-refractivity contribution is 7.46. The van der Waals surface area contributed by atoms with Gasteiger partial charge in [0.1, 0.15) is 72.7 Å². The van der Waals surface area contributed by atoms with Gasteiger partial charge in [0.05, 0.1) is 24.5 Å². The molecule has 0 fully saturated rings. The molecule has 0 unspecified atom stereocenters. The summed E-state index contributed by atoms with van der Waals surface area (Å²) in [5, 5.41) is 0. The molecule has 0 aromatic carbocycles. The average molecular weight is 1790 g/mol. The maximum Gasteiger partial charge on any atom is 0.514 e. The smallest absolute Gasteiger partial charge is 0.466 e. The highest BCUT2D eigenvalue weighted by atomic mass is 31.2. The fourth-order valence-electron chi connectivity index (χ4n) is 4.53. The summed E-state index contributed by atoms with van der Waals surface area (Å²) in [6.07, 6.45) is -22.0. The molecule has 0 heterocycles. The van der Waals surface area contributed by atoms with Crippen molar-refractivity contribution in [1.82, 2.24) is 0 Å². The van der Waals surface area contributed by atoms with Crippen LogP contribution < -0.4 is 0 Å². The molecular formula is C56H81O63P. The van der Waals surface area contributed by atoms with Crippen molar-refractivity contribution in [2.75, 3.05) is 188 Å². The van der Waals surface area contributed by atoms with E-state index in [1.807, 2.05) is 20.8 Å². The third-order valence-corrected chi connectivity index (χ3v) is 11.3. The number of esters is 3. The third kappa shape index (κ3) is 70.6. The van der Waals surface area contributed by atoms with Crippen LogP contribution in [0.15, 0.2) is 0 Å². The molecule has 0 aromatic rings. The van der Waals surface area contributed by atoms with E-state index in [2.05, 4.69) is 161 Å². The van der Waals surface area contributed by atoms with Gasteiger partial charge in [-0.2, -0.15) is 0 Å². The van der Waals surface area contributed by atoms with Gasteiger partial charge in [0.2, 0.25) is 95.1 Å². The van der Waals surface area contributed by atoms with Gasteiger partial charge < -0.3 is 166 Å². The zero-order chi connectivity index (χ0) is 90.1. The Balaban J connectivity index is 0. The van der Waals surface area contributed by atoms with Crippen LogP contribution in [0, 0.1) is 10.8 Å². The predicted octanol–water partition coefficient (Wildman–Crippen LogP) is 3.71. The van der Waals surface area contributed by atoms with Crippen LogP contribution in [0.3, 0.4) is 0 Å². The molecule has 0 aliphatic heterocycles. The van der Waals surface area contributed by atoms with Crippen molar-refractivity contribution in [1.29, 1.82) is 0 Å². The van der Waals surface area contributed by atoms with Crippen LogP contribution in [0.5, 0.6) is 0 Å². The molecule has 63 nitrogen and oxygen atoms in total. The Bertz CT molecular complexity index is 3110. The van der Waals surface area contributed by atoms with Gasteiger partial charge >= 0.3 is 118 Å². The zero-order valence-electron chi connectivity index (χ0n) is 63.8. The van der Waals surface area contributed by atoms with Gasteiger partial charge in [0.25, 0.3) is 0 Å². The Kier molecular flexibility index (Phi) is 63.2. The number of carbonyl (C=O) groups excluding carboxylic acids is 18. The molecule has 0 amide bonds. The lowest BCUT2D eigenvalue weighted by Crippen LogP contribution is -2.27. The van der Waals surface area contributed by atoms with Crippen molar-refractivity contribution in [2.24, 2.45) is 10.8 Å². The van der Waals surface area contributed by atoms with Crippen molar-refractivity contribution in [3.05, 3.63) is 0 Å². The molecule has 0 aliphatic rings. The Morgan fingerprint density at radius 3 is 0.550 bits per heavy atom. The lowest BCUT2D eigenvalue weighted by atomic mass is 9.91. The summed E-state index contributed by atoms with van der Waals surface area (Å²) in [6, 6.07) is 0. The van der Waals surface area contributed by atoms with Crippen LogP contribution in [0.1, 0.15) is 54.4 Å². The first-order chi connectivity index (χ1) is 57.0. The molecule has 0 saturated carbocycles. The van der Waals surface area contributed by atoms with E-state index in [0.717, 1.165) is 7.11 Å². The third-order valence-electron chi connectivity index (χ3n) is 10.8. The largest absolute Gasteiger partial charge is 0.514 e. The molecule has 120 heavy (non-hydrogen) atoms. The first-order valence-corrected chi connectivity index (χ1v) is 33.6. The number of hydrogen-bond donors (Lipinski definition) is 2. The SMILES string of the molecule is CCC(C)(C)C(=O)OCCOC(=O)OCOC(=O)OCOC(=O)OCOC(=O)OCOC(=O)OCOC(=O)OCOC(=O)OCOC(=O)OCOC(=O)OCOC(=O)OCOC(=O)OCOC(=O)OCOC(=O)OCOC(=O)OCOC(=O)OCC(=O)OC.CCC(C)(C)C(=O)OCCOOCCOOCCOOCCOOCCOP(=O)(O)O. The normalized spacial score (nSPS) is 10.4. The number of phosphoric acid groups is 1. The van der Waals surface area contributed by atoms with Crippen LogP contribution in [0.2, 0.25) is 0 Å². The number of hydrogen-bond acceptors (Lipinski definition) is 61. The first-order valence-electron chi connectivity index (χ1n) is 32.1. The fourth-order valence-corrected chi connectivity index (χ4v) is 4.85. The van der Waals surface area contributed by atoms with Crippen molar-refractivity contribution in [3.63, 3.8) is 0 Å². The van der Waals surface area contributed by atoms with Crippen LogP contribution in [-0.4, -0.2) is 308 Å². The Hall–Kier alpha value is -12.7. The van der Waals surface area contributed by atoms with Crippen molar-refractivity contribution in [3.8, 4) is 0 Å². The molecule has 0 radical (unpaired) electrons. The van der Waals surface area contributed by atoms with E-state index in [1.165, 1.54) is 0 Å². The molecular weight excluding hydrogens is 1710 g/mol. The summed E-state index contributed by atoms with van der Waals surface area (Å²) < 4.78 is 157. The number of ether oxygens (including phenoxy) is 33. The molecule has 64 heteroatoms. The van der Waals surface area contributed by atoms with Gasteiger partial charge in [-0.25, -0.2) is 120 Å². The molecule has 0 atom stereocenters. The molecule has 2 N–H and O–H groups in total. The summed E-state index contributed by atoms with van der Waals surface area (Å²) in [4.78, 5) is 261. The second-order valence-corrected chi connectivity index (χ2v) is 21.0. The molecule has 0 saturated heterocycles. The summed E-state index contributed by atoms with van der Waals surface area (Å²) >= 11 is 0. The zero-order valence-corrected chi connectivity index (χ0v) is 64.6. The first kappa shape index (κ1) is 109. The highest BCUT2D eigenvalue weighted by Crippen LogP contribution is 2.35. The monoisotopic (exact) mass is 1790 g/mol. The van der Waals surface area contributed by atoms with Gasteiger partial charge in [-0.3, -0.25) is 14.1 Å². The van der Waals surface area contributed by atoms with Gasteiger partial charge in [-0.15, -0.1) is 0 Å². The van der Waals surface area contributed by atoms with E-state index >= 15 is 0 Å². The summed E-state index contributed by atoms with van der Waals surface area (Å²) in [5.74, 6) is -1.70. The Morgan fingerprint density at radius 2 is 0.375 bits per heavy atom. The van der Waals surface area contributed by atoms with Crippen molar-refractivity contribution < 1.29 is 301 Å². The van der Waals surface area contributed by atoms with Crippen LogP contribution in [0.4, 0.5) is 71.9 Å². The maximum absolute atomic E-state index is 11.8. The highest BCUT2D eigenvalue weighted by Gasteiger charge is 2.29. The topological polar surface area (TPSA) is 752 Å².